The van der Waals surface area contributed by atoms with Crippen LogP contribution in [0.3, 0.4) is 0 Å². The molecule has 0 radical (unpaired) electrons. The third-order valence-electron chi connectivity index (χ3n) is 2.44. The molecule has 1 rings (SSSR count). The van der Waals surface area contributed by atoms with Gasteiger partial charge in [0.15, 0.2) is 6.10 Å². The number of hydrogen-bond acceptors (Lipinski definition) is 6. The number of ether oxygens (including phenoxy) is 1. The van der Waals surface area contributed by atoms with E-state index >= 15 is 0 Å². The van der Waals surface area contributed by atoms with Gasteiger partial charge in [0.25, 0.3) is 11.6 Å². The summed E-state index contributed by atoms with van der Waals surface area (Å²) in [5, 5.41) is 13.4. The lowest BCUT2D eigenvalue weighted by Crippen LogP contribution is -2.35. The summed E-state index contributed by atoms with van der Waals surface area (Å²) in [6.45, 7) is 3.68. The summed E-state index contributed by atoms with van der Waals surface area (Å²) in [4.78, 5) is 33.7. The molecule has 0 saturated heterocycles. The van der Waals surface area contributed by atoms with Crippen molar-refractivity contribution in [2.24, 2.45) is 0 Å². The fourth-order valence-electron chi connectivity index (χ4n) is 1.47. The van der Waals surface area contributed by atoms with Gasteiger partial charge in [0, 0.05) is 12.6 Å². The molecule has 0 fully saturated rings. The molecule has 21 heavy (non-hydrogen) atoms. The first-order valence-corrected chi connectivity index (χ1v) is 7.27. The Balaban J connectivity index is 2.54. The molecular weight excluding hydrogens is 296 g/mol. The first-order valence-electron chi connectivity index (χ1n) is 6.29. The Bertz CT molecular complexity index is 535. The largest absolute Gasteiger partial charge is 0.452 e. The van der Waals surface area contributed by atoms with Crippen LogP contribution < -0.4 is 5.32 Å². The van der Waals surface area contributed by atoms with Gasteiger partial charge < -0.3 is 10.1 Å². The van der Waals surface area contributed by atoms with E-state index in [-0.39, 0.29) is 17.3 Å². The molecule has 0 spiro atoms. The normalized spacial score (nSPS) is 11.5. The number of thioether (sulfide) groups is 1. The van der Waals surface area contributed by atoms with Gasteiger partial charge >= 0.3 is 5.97 Å². The molecule has 0 unspecified atom stereocenters. The maximum atomic E-state index is 11.6. The van der Waals surface area contributed by atoms with E-state index in [2.05, 4.69) is 5.32 Å². The van der Waals surface area contributed by atoms with Crippen LogP contribution in [-0.4, -0.2) is 35.2 Å². The van der Waals surface area contributed by atoms with Crippen LogP contribution in [0.25, 0.3) is 0 Å². The summed E-state index contributed by atoms with van der Waals surface area (Å²) in [7, 11) is 0. The molecule has 0 bridgehead atoms. The number of nitro benzene ring substituents is 1. The third kappa shape index (κ3) is 5.42. The van der Waals surface area contributed by atoms with E-state index in [4.69, 9.17) is 4.74 Å². The number of nitrogens with zero attached hydrogens (tertiary/aromatic N) is 1. The van der Waals surface area contributed by atoms with E-state index < -0.39 is 17.0 Å². The number of para-hydroxylation sites is 1. The van der Waals surface area contributed by atoms with Gasteiger partial charge in [-0.2, -0.15) is 0 Å². The predicted octanol–water partition coefficient (Wildman–Crippen LogP) is 1.75. The smallest absolute Gasteiger partial charge is 0.317 e. The zero-order valence-corrected chi connectivity index (χ0v) is 12.5. The number of amides is 1. The average Bonchev–Trinajstić information content (AvgIpc) is 2.45. The Labute approximate surface area is 126 Å². The average molecular weight is 312 g/mol. The highest BCUT2D eigenvalue weighted by Gasteiger charge is 2.19. The number of carbonyl (C=O) groups excluding carboxylic acids is 2. The third-order valence-corrected chi connectivity index (χ3v) is 3.47. The molecule has 0 aliphatic carbocycles. The summed E-state index contributed by atoms with van der Waals surface area (Å²) >= 11 is 1.00. The molecule has 8 heteroatoms. The van der Waals surface area contributed by atoms with Crippen molar-refractivity contribution in [2.75, 3.05) is 12.3 Å². The standard InChI is InChI=1S/C13H16N2O5S/c1-3-14-13(17)9(2)20-12(16)8-21-11-7-5-4-6-10(11)15(18)19/h4-7,9H,3,8H2,1-2H3,(H,14,17)/t9-/m1/s1. The first kappa shape index (κ1) is 17.0. The monoisotopic (exact) mass is 312 g/mol. The lowest BCUT2D eigenvalue weighted by molar-refractivity contribution is -0.387. The van der Waals surface area contributed by atoms with Crippen molar-refractivity contribution >= 4 is 29.3 Å². The molecular formula is C13H16N2O5S. The lowest BCUT2D eigenvalue weighted by Gasteiger charge is -2.12. The Kier molecular flexibility index (Phi) is 6.67. The van der Waals surface area contributed by atoms with E-state index in [1.807, 2.05) is 0 Å². The van der Waals surface area contributed by atoms with Gasteiger partial charge in [-0.3, -0.25) is 19.7 Å². The van der Waals surface area contributed by atoms with Crippen LogP contribution in [0.4, 0.5) is 5.69 Å². The SMILES string of the molecule is CCNC(=O)[C@@H](C)OC(=O)CSc1ccccc1[N+](=O)[O-]. The van der Waals surface area contributed by atoms with E-state index in [1.165, 1.54) is 13.0 Å². The minimum absolute atomic E-state index is 0.0629. The minimum atomic E-state index is -0.885. The molecule has 0 aliphatic rings. The number of nitro groups is 1. The highest BCUT2D eigenvalue weighted by molar-refractivity contribution is 8.00. The number of likely N-dealkylation sites (N-methyl/N-ethyl adjacent to an activating group) is 1. The quantitative estimate of drug-likeness (QED) is 0.356. The van der Waals surface area contributed by atoms with Crippen LogP contribution in [0.15, 0.2) is 29.2 Å². The number of carbonyl (C=O) groups is 2. The van der Waals surface area contributed by atoms with Crippen LogP contribution in [0.1, 0.15) is 13.8 Å². The van der Waals surface area contributed by atoms with Crippen LogP contribution in [-0.2, 0) is 14.3 Å². The van der Waals surface area contributed by atoms with Gasteiger partial charge in [0.2, 0.25) is 0 Å². The summed E-state index contributed by atoms with van der Waals surface area (Å²) in [6.07, 6.45) is -0.885. The summed E-state index contributed by atoms with van der Waals surface area (Å²) in [6, 6.07) is 6.13. The fraction of sp³-hybridized carbons (Fsp3) is 0.385. The number of benzene rings is 1. The first-order chi connectivity index (χ1) is 9.95. The molecule has 0 heterocycles. The second-order valence-electron chi connectivity index (χ2n) is 4.04. The molecule has 7 nitrogen and oxygen atoms in total. The van der Waals surface area contributed by atoms with E-state index in [0.29, 0.717) is 11.4 Å². The van der Waals surface area contributed by atoms with Gasteiger partial charge in [-0.1, -0.05) is 12.1 Å². The topological polar surface area (TPSA) is 98.5 Å². The van der Waals surface area contributed by atoms with Crippen molar-refractivity contribution in [3.8, 4) is 0 Å². The lowest BCUT2D eigenvalue weighted by atomic mass is 10.3. The maximum absolute atomic E-state index is 11.6. The molecule has 114 valence electrons. The van der Waals surface area contributed by atoms with E-state index in [1.54, 1.807) is 25.1 Å². The van der Waals surface area contributed by atoms with Crippen molar-refractivity contribution in [2.45, 2.75) is 24.8 Å². The molecule has 1 atom stereocenters. The molecule has 1 aromatic carbocycles. The van der Waals surface area contributed by atoms with Crippen LogP contribution in [0, 0.1) is 10.1 Å². The Hall–Kier alpha value is -2.09. The van der Waals surface area contributed by atoms with E-state index in [9.17, 15) is 19.7 Å². The molecule has 0 aromatic heterocycles. The fourth-order valence-corrected chi connectivity index (χ4v) is 2.28. The highest BCUT2D eigenvalue weighted by atomic mass is 32.2. The maximum Gasteiger partial charge on any atom is 0.317 e. The predicted molar refractivity (Wildman–Crippen MR) is 78.1 cm³/mol. The van der Waals surface area contributed by atoms with Crippen molar-refractivity contribution in [3.05, 3.63) is 34.4 Å². The Morgan fingerprint density at radius 3 is 2.71 bits per heavy atom. The van der Waals surface area contributed by atoms with Gasteiger partial charge in [-0.15, -0.1) is 11.8 Å². The van der Waals surface area contributed by atoms with Gasteiger partial charge in [0.05, 0.1) is 15.6 Å². The second kappa shape index (κ2) is 8.25. The minimum Gasteiger partial charge on any atom is -0.452 e. The second-order valence-corrected chi connectivity index (χ2v) is 5.06. The van der Waals surface area contributed by atoms with Gasteiger partial charge in [-0.25, -0.2) is 0 Å². The van der Waals surface area contributed by atoms with Crippen LogP contribution in [0.2, 0.25) is 0 Å². The summed E-state index contributed by atoms with van der Waals surface area (Å²) in [5.74, 6) is -1.08. The van der Waals surface area contributed by atoms with Crippen molar-refractivity contribution < 1.29 is 19.2 Å². The Morgan fingerprint density at radius 2 is 2.10 bits per heavy atom. The van der Waals surface area contributed by atoms with Crippen LogP contribution in [0.5, 0.6) is 0 Å². The van der Waals surface area contributed by atoms with Crippen LogP contribution >= 0.6 is 11.8 Å². The van der Waals surface area contributed by atoms with Crippen molar-refractivity contribution in [3.63, 3.8) is 0 Å². The highest BCUT2D eigenvalue weighted by Crippen LogP contribution is 2.28. The van der Waals surface area contributed by atoms with Gasteiger partial charge in [-0.05, 0) is 19.9 Å². The summed E-state index contributed by atoms with van der Waals surface area (Å²) in [5.41, 5.74) is -0.0629. The molecule has 1 N–H and O–H groups in total. The Morgan fingerprint density at radius 1 is 1.43 bits per heavy atom. The molecule has 0 aliphatic heterocycles. The number of rotatable bonds is 7. The summed E-state index contributed by atoms with van der Waals surface area (Å²) < 4.78 is 4.95. The zero-order valence-electron chi connectivity index (χ0n) is 11.7. The molecule has 0 saturated carbocycles. The number of nitrogens with one attached hydrogen (secondary N) is 1. The van der Waals surface area contributed by atoms with Gasteiger partial charge in [0.1, 0.15) is 0 Å². The van der Waals surface area contributed by atoms with Crippen molar-refractivity contribution in [1.29, 1.82) is 0 Å². The molecule has 1 aromatic rings. The number of esters is 1. The zero-order chi connectivity index (χ0) is 15.8. The number of hydrogen-bond donors (Lipinski definition) is 1. The van der Waals surface area contributed by atoms with Crippen molar-refractivity contribution in [1.82, 2.24) is 5.32 Å². The van der Waals surface area contributed by atoms with E-state index in [0.717, 1.165) is 11.8 Å². The molecule has 1 amide bonds.